The van der Waals surface area contributed by atoms with Gasteiger partial charge in [0.2, 0.25) is 0 Å². The summed E-state index contributed by atoms with van der Waals surface area (Å²) in [7, 11) is 0. The summed E-state index contributed by atoms with van der Waals surface area (Å²) >= 11 is 5.12. The lowest BCUT2D eigenvalue weighted by atomic mass is 10.1. The molecule has 1 aromatic heterocycles. The fourth-order valence-electron chi connectivity index (χ4n) is 1.65. The first-order valence-corrected chi connectivity index (χ1v) is 7.02. The zero-order chi connectivity index (χ0) is 12.3. The minimum absolute atomic E-state index is 0.505. The summed E-state index contributed by atoms with van der Waals surface area (Å²) in [5, 5.41) is 2.06. The van der Waals surface area contributed by atoms with Crippen molar-refractivity contribution in [2.45, 2.75) is 20.1 Å². The van der Waals surface area contributed by atoms with Crippen LogP contribution in [0.5, 0.6) is 5.75 Å². The highest BCUT2D eigenvalue weighted by molar-refractivity contribution is 9.10. The molecule has 1 aromatic carbocycles. The molecule has 2 rings (SSSR count). The second-order valence-electron chi connectivity index (χ2n) is 3.79. The highest BCUT2D eigenvalue weighted by atomic mass is 79.9. The van der Waals surface area contributed by atoms with Gasteiger partial charge in [-0.25, -0.2) is 0 Å². The van der Waals surface area contributed by atoms with E-state index in [1.165, 1.54) is 4.88 Å². The predicted molar refractivity (Wildman–Crippen MR) is 75.4 cm³/mol. The molecular formula is C13H14BrNOS. The molecule has 0 aliphatic carbocycles. The van der Waals surface area contributed by atoms with Crippen LogP contribution in [0.25, 0.3) is 0 Å². The second kappa shape index (κ2) is 5.67. The molecule has 1 heterocycles. The molecule has 0 atom stereocenters. The Balaban J connectivity index is 2.13. The maximum Gasteiger partial charge on any atom is 0.127 e. The summed E-state index contributed by atoms with van der Waals surface area (Å²) in [4.78, 5) is 1.20. The molecule has 0 fully saturated rings. The van der Waals surface area contributed by atoms with Gasteiger partial charge in [-0.1, -0.05) is 18.2 Å². The zero-order valence-electron chi connectivity index (χ0n) is 9.57. The Kier molecular flexibility index (Phi) is 4.20. The number of nitrogens with two attached hydrogens (primary N) is 1. The van der Waals surface area contributed by atoms with Gasteiger partial charge in [0, 0.05) is 26.8 Å². The monoisotopic (exact) mass is 311 g/mol. The smallest absolute Gasteiger partial charge is 0.127 e. The maximum atomic E-state index is 5.87. The fraction of sp³-hybridized carbons (Fsp3) is 0.231. The van der Waals surface area contributed by atoms with E-state index in [1.54, 1.807) is 11.3 Å². The summed E-state index contributed by atoms with van der Waals surface area (Å²) in [5.74, 6) is 0.916. The van der Waals surface area contributed by atoms with Crippen LogP contribution in [0.2, 0.25) is 0 Å². The van der Waals surface area contributed by atoms with Crippen LogP contribution in [-0.4, -0.2) is 0 Å². The third-order valence-corrected chi connectivity index (χ3v) is 4.17. The number of para-hydroxylation sites is 1. The SMILES string of the molecule is Cc1cccc(CN)c1OCc1cc(Br)cs1. The Morgan fingerprint density at radius 3 is 2.88 bits per heavy atom. The lowest BCUT2D eigenvalue weighted by Gasteiger charge is -2.12. The van der Waals surface area contributed by atoms with E-state index in [1.807, 2.05) is 25.1 Å². The molecule has 0 bridgehead atoms. The highest BCUT2D eigenvalue weighted by Crippen LogP contribution is 2.26. The van der Waals surface area contributed by atoms with E-state index < -0.39 is 0 Å². The lowest BCUT2D eigenvalue weighted by molar-refractivity contribution is 0.304. The van der Waals surface area contributed by atoms with Crippen molar-refractivity contribution >= 4 is 27.3 Å². The second-order valence-corrected chi connectivity index (χ2v) is 5.70. The van der Waals surface area contributed by atoms with Crippen LogP contribution >= 0.6 is 27.3 Å². The van der Waals surface area contributed by atoms with E-state index in [4.69, 9.17) is 10.5 Å². The molecule has 17 heavy (non-hydrogen) atoms. The van der Waals surface area contributed by atoms with Crippen molar-refractivity contribution in [1.82, 2.24) is 0 Å². The van der Waals surface area contributed by atoms with E-state index in [0.717, 1.165) is 21.3 Å². The normalized spacial score (nSPS) is 10.5. The summed E-state index contributed by atoms with van der Waals surface area (Å²) in [6, 6.07) is 8.13. The molecule has 90 valence electrons. The largest absolute Gasteiger partial charge is 0.487 e. The van der Waals surface area contributed by atoms with Gasteiger partial charge >= 0.3 is 0 Å². The molecule has 0 saturated carbocycles. The molecule has 0 unspecified atom stereocenters. The van der Waals surface area contributed by atoms with Crippen molar-refractivity contribution in [3.63, 3.8) is 0 Å². The maximum absolute atomic E-state index is 5.87. The molecule has 0 radical (unpaired) electrons. The van der Waals surface area contributed by atoms with Crippen LogP contribution < -0.4 is 10.5 Å². The van der Waals surface area contributed by atoms with Gasteiger partial charge in [-0.05, 0) is 34.5 Å². The first-order chi connectivity index (χ1) is 8.20. The summed E-state index contributed by atoms with van der Waals surface area (Å²) < 4.78 is 6.97. The third kappa shape index (κ3) is 3.09. The molecule has 0 aliphatic heterocycles. The first-order valence-electron chi connectivity index (χ1n) is 5.35. The average molecular weight is 312 g/mol. The van der Waals surface area contributed by atoms with Crippen molar-refractivity contribution in [1.29, 1.82) is 0 Å². The van der Waals surface area contributed by atoms with Crippen molar-refractivity contribution in [2.24, 2.45) is 5.73 Å². The van der Waals surface area contributed by atoms with Gasteiger partial charge in [-0.15, -0.1) is 11.3 Å². The van der Waals surface area contributed by atoms with Crippen LogP contribution in [0.4, 0.5) is 0 Å². The lowest BCUT2D eigenvalue weighted by Crippen LogP contribution is -2.03. The quantitative estimate of drug-likeness (QED) is 0.930. The van der Waals surface area contributed by atoms with Gasteiger partial charge in [0.1, 0.15) is 12.4 Å². The van der Waals surface area contributed by atoms with Gasteiger partial charge in [0.05, 0.1) is 0 Å². The van der Waals surface area contributed by atoms with E-state index in [-0.39, 0.29) is 0 Å². The highest BCUT2D eigenvalue weighted by Gasteiger charge is 2.06. The van der Waals surface area contributed by atoms with E-state index in [0.29, 0.717) is 13.2 Å². The number of benzene rings is 1. The number of rotatable bonds is 4. The number of hydrogen-bond acceptors (Lipinski definition) is 3. The van der Waals surface area contributed by atoms with E-state index in [2.05, 4.69) is 27.4 Å². The Bertz CT molecular complexity index is 510. The van der Waals surface area contributed by atoms with E-state index in [9.17, 15) is 0 Å². The molecule has 2 N–H and O–H groups in total. The molecule has 2 nitrogen and oxygen atoms in total. The Morgan fingerprint density at radius 1 is 1.41 bits per heavy atom. The molecule has 0 spiro atoms. The number of thiophene rings is 1. The zero-order valence-corrected chi connectivity index (χ0v) is 12.0. The molecule has 0 amide bonds. The Morgan fingerprint density at radius 2 is 2.24 bits per heavy atom. The minimum Gasteiger partial charge on any atom is -0.487 e. The van der Waals surface area contributed by atoms with Gasteiger partial charge < -0.3 is 10.5 Å². The number of hydrogen-bond donors (Lipinski definition) is 1. The summed E-state index contributed by atoms with van der Waals surface area (Å²) in [6.07, 6.45) is 0. The number of aryl methyl sites for hydroxylation is 1. The standard InChI is InChI=1S/C13H14BrNOS/c1-9-3-2-4-10(6-15)13(9)16-7-12-5-11(14)8-17-12/h2-5,8H,6-7,15H2,1H3. The van der Waals surface area contributed by atoms with Gasteiger partial charge in [-0.3, -0.25) is 0 Å². The average Bonchev–Trinajstić information content (AvgIpc) is 2.73. The summed E-state index contributed by atoms with van der Waals surface area (Å²) in [6.45, 7) is 3.14. The summed E-state index contributed by atoms with van der Waals surface area (Å²) in [5.41, 5.74) is 7.89. The first kappa shape index (κ1) is 12.6. The van der Waals surface area contributed by atoms with Crippen LogP contribution in [0.3, 0.4) is 0 Å². The number of ether oxygens (including phenoxy) is 1. The third-order valence-electron chi connectivity index (χ3n) is 2.49. The van der Waals surface area contributed by atoms with Gasteiger partial charge in [0.25, 0.3) is 0 Å². The van der Waals surface area contributed by atoms with Crippen LogP contribution in [0, 0.1) is 6.92 Å². The minimum atomic E-state index is 0.505. The molecule has 2 aromatic rings. The fourth-order valence-corrected chi connectivity index (χ4v) is 3.02. The van der Waals surface area contributed by atoms with Crippen molar-refractivity contribution in [2.75, 3.05) is 0 Å². The van der Waals surface area contributed by atoms with Crippen LogP contribution in [0.1, 0.15) is 16.0 Å². The Hall–Kier alpha value is -0.840. The number of halogens is 1. The molecule has 0 aliphatic rings. The molecular weight excluding hydrogens is 298 g/mol. The van der Waals surface area contributed by atoms with Crippen molar-refractivity contribution in [3.8, 4) is 5.75 Å². The predicted octanol–water partition coefficient (Wildman–Crippen LogP) is 3.86. The van der Waals surface area contributed by atoms with E-state index >= 15 is 0 Å². The molecule has 4 heteroatoms. The Labute approximate surface area is 114 Å². The topological polar surface area (TPSA) is 35.2 Å². The molecule has 0 saturated heterocycles. The van der Waals surface area contributed by atoms with Crippen molar-refractivity contribution < 1.29 is 4.74 Å². The van der Waals surface area contributed by atoms with Crippen molar-refractivity contribution in [3.05, 3.63) is 50.1 Å². The van der Waals surface area contributed by atoms with Crippen LogP contribution in [-0.2, 0) is 13.2 Å². The van der Waals surface area contributed by atoms with Gasteiger partial charge in [-0.2, -0.15) is 0 Å². The van der Waals surface area contributed by atoms with Crippen LogP contribution in [0.15, 0.2) is 34.1 Å². The van der Waals surface area contributed by atoms with Gasteiger partial charge in [0.15, 0.2) is 0 Å².